The Hall–Kier alpha value is -1.44. The summed E-state index contributed by atoms with van der Waals surface area (Å²) < 4.78 is 26.1. The quantitative estimate of drug-likeness (QED) is 0.740. The molecule has 0 spiro atoms. The minimum absolute atomic E-state index is 0.0150. The Morgan fingerprint density at radius 3 is 2.37 bits per heavy atom. The lowest BCUT2D eigenvalue weighted by atomic mass is 10.0. The van der Waals surface area contributed by atoms with Gasteiger partial charge in [0.1, 0.15) is 0 Å². The molecule has 2 aliphatic heterocycles. The number of aryl methyl sites for hydroxylation is 2. The van der Waals surface area contributed by atoms with Crippen LogP contribution in [0.5, 0.6) is 0 Å². The van der Waals surface area contributed by atoms with Gasteiger partial charge in [0.25, 0.3) is 5.91 Å². The van der Waals surface area contributed by atoms with Gasteiger partial charge in [0, 0.05) is 31.7 Å². The molecule has 0 bridgehead atoms. The van der Waals surface area contributed by atoms with E-state index in [2.05, 4.69) is 4.90 Å². The van der Waals surface area contributed by atoms with Crippen molar-refractivity contribution in [3.05, 3.63) is 34.9 Å². The maximum atomic E-state index is 12.7. The van der Waals surface area contributed by atoms with Gasteiger partial charge < -0.3 is 9.80 Å². The molecule has 2 aliphatic rings. The summed E-state index contributed by atoms with van der Waals surface area (Å²) in [7, 11) is -3.28. The Morgan fingerprint density at radius 2 is 1.78 bits per heavy atom. The van der Waals surface area contributed by atoms with Crippen molar-refractivity contribution in [1.29, 1.82) is 0 Å². The lowest BCUT2D eigenvalue weighted by Gasteiger charge is -2.44. The van der Waals surface area contributed by atoms with E-state index in [-0.39, 0.29) is 11.9 Å². The van der Waals surface area contributed by atoms with Gasteiger partial charge in [-0.1, -0.05) is 12.5 Å². The summed E-state index contributed by atoms with van der Waals surface area (Å²) in [5, 5.41) is 0. The number of carbonyl (C=O) groups is 1. The summed E-state index contributed by atoms with van der Waals surface area (Å²) in [6.45, 7) is 8.35. The van der Waals surface area contributed by atoms with Gasteiger partial charge in [-0.15, -0.1) is 0 Å². The van der Waals surface area contributed by atoms with Crippen molar-refractivity contribution in [2.75, 3.05) is 45.5 Å². The number of sulfonamides is 1. The van der Waals surface area contributed by atoms with E-state index in [0.717, 1.165) is 30.8 Å². The molecule has 6 nitrogen and oxygen atoms in total. The molecule has 1 aromatic rings. The average Bonchev–Trinajstić information content (AvgIpc) is 2.58. The largest absolute Gasteiger partial charge is 0.335 e. The van der Waals surface area contributed by atoms with E-state index >= 15 is 0 Å². The van der Waals surface area contributed by atoms with E-state index < -0.39 is 10.0 Å². The summed E-state index contributed by atoms with van der Waals surface area (Å²) in [4.78, 5) is 16.8. The topological polar surface area (TPSA) is 60.9 Å². The molecule has 0 unspecified atom stereocenters. The first-order chi connectivity index (χ1) is 12.8. The van der Waals surface area contributed by atoms with E-state index in [4.69, 9.17) is 0 Å². The van der Waals surface area contributed by atoms with E-state index in [1.165, 1.54) is 25.5 Å². The molecule has 0 N–H and O–H groups in total. The van der Waals surface area contributed by atoms with Crippen LogP contribution < -0.4 is 0 Å². The second-order valence-corrected chi connectivity index (χ2v) is 9.87. The van der Waals surface area contributed by atoms with Gasteiger partial charge in [0.05, 0.1) is 12.3 Å². The SMILES string of the molecule is Cc1ccc(C(=O)N2CC(N(CCN3CCCCC3)S(C)(=O)=O)C2)cc1C. The van der Waals surface area contributed by atoms with Crippen molar-refractivity contribution in [2.45, 2.75) is 39.2 Å². The first-order valence-corrected chi connectivity index (χ1v) is 11.7. The number of amides is 1. The van der Waals surface area contributed by atoms with Crippen LogP contribution in [0.3, 0.4) is 0 Å². The number of likely N-dealkylation sites (tertiary alicyclic amines) is 2. The molecule has 2 saturated heterocycles. The van der Waals surface area contributed by atoms with Crippen molar-refractivity contribution >= 4 is 15.9 Å². The summed E-state index contributed by atoms with van der Waals surface area (Å²) in [5.41, 5.74) is 2.93. The van der Waals surface area contributed by atoms with Crippen LogP contribution in [0.4, 0.5) is 0 Å². The Bertz CT molecular complexity index is 782. The van der Waals surface area contributed by atoms with Crippen LogP contribution in [0.25, 0.3) is 0 Å². The van der Waals surface area contributed by atoms with Gasteiger partial charge in [-0.25, -0.2) is 8.42 Å². The van der Waals surface area contributed by atoms with Crippen LogP contribution in [0.2, 0.25) is 0 Å². The monoisotopic (exact) mass is 393 g/mol. The number of carbonyl (C=O) groups excluding carboxylic acids is 1. The number of rotatable bonds is 6. The summed E-state index contributed by atoms with van der Waals surface area (Å²) in [5.74, 6) is -0.0150. The maximum Gasteiger partial charge on any atom is 0.253 e. The van der Waals surface area contributed by atoms with Crippen molar-refractivity contribution in [3.63, 3.8) is 0 Å². The van der Waals surface area contributed by atoms with Gasteiger partial charge in [-0.2, -0.15) is 4.31 Å². The van der Waals surface area contributed by atoms with Crippen LogP contribution >= 0.6 is 0 Å². The van der Waals surface area contributed by atoms with Crippen molar-refractivity contribution in [1.82, 2.24) is 14.1 Å². The number of hydrogen-bond acceptors (Lipinski definition) is 4. The highest BCUT2D eigenvalue weighted by Gasteiger charge is 2.39. The molecule has 7 heteroatoms. The molecule has 1 amide bonds. The molecule has 0 aliphatic carbocycles. The lowest BCUT2D eigenvalue weighted by Crippen LogP contribution is -2.63. The van der Waals surface area contributed by atoms with Crippen molar-refractivity contribution < 1.29 is 13.2 Å². The molecular formula is C20H31N3O3S. The fraction of sp³-hybridized carbons (Fsp3) is 0.650. The number of piperidine rings is 1. The summed E-state index contributed by atoms with van der Waals surface area (Å²) in [6.07, 6.45) is 4.93. The van der Waals surface area contributed by atoms with Gasteiger partial charge in [-0.05, 0) is 63.0 Å². The maximum absolute atomic E-state index is 12.7. The van der Waals surface area contributed by atoms with Crippen LogP contribution in [0.15, 0.2) is 18.2 Å². The highest BCUT2D eigenvalue weighted by atomic mass is 32.2. The second kappa shape index (κ2) is 8.29. The normalized spacial score (nSPS) is 19.3. The predicted octanol–water partition coefficient (Wildman–Crippen LogP) is 1.88. The van der Waals surface area contributed by atoms with Gasteiger partial charge >= 0.3 is 0 Å². The average molecular weight is 394 g/mol. The third-order valence-electron chi connectivity index (χ3n) is 5.82. The molecule has 0 radical (unpaired) electrons. The van der Waals surface area contributed by atoms with Gasteiger partial charge in [-0.3, -0.25) is 4.79 Å². The van der Waals surface area contributed by atoms with E-state index in [1.54, 1.807) is 9.21 Å². The minimum atomic E-state index is -3.28. The molecule has 2 heterocycles. The Kier molecular flexibility index (Phi) is 6.23. The zero-order valence-corrected chi connectivity index (χ0v) is 17.5. The minimum Gasteiger partial charge on any atom is -0.335 e. The Morgan fingerprint density at radius 1 is 1.11 bits per heavy atom. The molecular weight excluding hydrogens is 362 g/mol. The molecule has 3 rings (SSSR count). The number of nitrogens with zero attached hydrogens (tertiary/aromatic N) is 3. The first kappa shape index (κ1) is 20.3. The van der Waals surface area contributed by atoms with Crippen LogP contribution in [0.1, 0.15) is 40.7 Å². The molecule has 0 saturated carbocycles. The molecule has 150 valence electrons. The Labute approximate surface area is 163 Å². The number of benzene rings is 1. The fourth-order valence-corrected chi connectivity index (χ4v) is 4.99. The molecule has 1 aromatic carbocycles. The zero-order chi connectivity index (χ0) is 19.6. The second-order valence-electron chi connectivity index (χ2n) is 7.94. The lowest BCUT2D eigenvalue weighted by molar-refractivity contribution is 0.0437. The van der Waals surface area contributed by atoms with Crippen LogP contribution in [-0.2, 0) is 10.0 Å². The van der Waals surface area contributed by atoms with E-state index in [9.17, 15) is 13.2 Å². The van der Waals surface area contributed by atoms with Crippen LogP contribution in [-0.4, -0.2) is 80.0 Å². The fourth-order valence-electron chi connectivity index (χ4n) is 3.90. The standard InChI is InChI=1S/C20H31N3O3S/c1-16-7-8-18(13-17(16)2)20(24)22-14-19(15-22)23(27(3,25)26)12-11-21-9-5-4-6-10-21/h7-8,13,19H,4-6,9-12,14-15H2,1-3H3. The zero-order valence-electron chi connectivity index (χ0n) is 16.6. The third-order valence-corrected chi connectivity index (χ3v) is 7.15. The summed E-state index contributed by atoms with van der Waals surface area (Å²) in [6, 6.07) is 5.61. The number of hydrogen-bond donors (Lipinski definition) is 0. The smallest absolute Gasteiger partial charge is 0.253 e. The highest BCUT2D eigenvalue weighted by molar-refractivity contribution is 7.88. The van der Waals surface area contributed by atoms with Gasteiger partial charge in [0.15, 0.2) is 0 Å². The van der Waals surface area contributed by atoms with Crippen molar-refractivity contribution in [2.24, 2.45) is 0 Å². The third kappa shape index (κ3) is 4.89. The van der Waals surface area contributed by atoms with Gasteiger partial charge in [0.2, 0.25) is 10.0 Å². The first-order valence-electron chi connectivity index (χ1n) is 9.81. The van der Waals surface area contributed by atoms with Crippen molar-refractivity contribution in [3.8, 4) is 0 Å². The molecule has 0 atom stereocenters. The molecule has 2 fully saturated rings. The Balaban J connectivity index is 1.58. The van der Waals surface area contributed by atoms with Crippen LogP contribution in [0, 0.1) is 13.8 Å². The molecule has 0 aromatic heterocycles. The van der Waals surface area contributed by atoms with E-state index in [0.29, 0.717) is 25.2 Å². The molecule has 27 heavy (non-hydrogen) atoms. The van der Waals surface area contributed by atoms with E-state index in [1.807, 2.05) is 32.0 Å². The summed E-state index contributed by atoms with van der Waals surface area (Å²) >= 11 is 0. The highest BCUT2D eigenvalue weighted by Crippen LogP contribution is 2.22. The predicted molar refractivity (Wildman–Crippen MR) is 107 cm³/mol.